The number of aliphatic hydroxyl groups excluding tert-OH is 1. The highest BCUT2D eigenvalue weighted by atomic mass is 16.3. The molecule has 0 bridgehead atoms. The van der Waals surface area contributed by atoms with Crippen LogP contribution in [0.4, 0.5) is 0 Å². The molecule has 0 saturated carbocycles. The van der Waals surface area contributed by atoms with Gasteiger partial charge in [0.25, 0.3) is 0 Å². The van der Waals surface area contributed by atoms with E-state index in [0.717, 1.165) is 26.2 Å². The fraction of sp³-hybridized carbons (Fsp3) is 0.909. The third-order valence-corrected chi connectivity index (χ3v) is 2.62. The Morgan fingerprint density at radius 1 is 1.20 bits per heavy atom. The lowest BCUT2D eigenvalue weighted by molar-refractivity contribution is -0.130. The average Bonchev–Trinajstić information content (AvgIpc) is 2.26. The Hall–Kier alpha value is -0.610. The SMILES string of the molecule is CCN(CC)CCN(C)C(=O)CCCO. The molecule has 0 aliphatic rings. The molecular formula is C11H24N2O2. The Morgan fingerprint density at radius 2 is 1.80 bits per heavy atom. The minimum absolute atomic E-state index is 0.0929. The van der Waals surface area contributed by atoms with Gasteiger partial charge in [0.1, 0.15) is 0 Å². The van der Waals surface area contributed by atoms with E-state index in [4.69, 9.17) is 5.11 Å². The molecule has 1 N–H and O–H groups in total. The summed E-state index contributed by atoms with van der Waals surface area (Å²) in [5.74, 6) is 0.121. The zero-order chi connectivity index (χ0) is 11.7. The molecule has 0 heterocycles. The highest BCUT2D eigenvalue weighted by Crippen LogP contribution is 1.96. The summed E-state index contributed by atoms with van der Waals surface area (Å²) in [6, 6.07) is 0. The number of hydrogen-bond donors (Lipinski definition) is 1. The summed E-state index contributed by atoms with van der Waals surface area (Å²) in [4.78, 5) is 15.5. The number of aliphatic hydroxyl groups is 1. The molecule has 0 aromatic heterocycles. The highest BCUT2D eigenvalue weighted by molar-refractivity contribution is 5.75. The number of carbonyl (C=O) groups excluding carboxylic acids is 1. The summed E-state index contributed by atoms with van der Waals surface area (Å²) >= 11 is 0. The van der Waals surface area contributed by atoms with Crippen LogP contribution in [0.5, 0.6) is 0 Å². The quantitative estimate of drug-likeness (QED) is 0.645. The minimum Gasteiger partial charge on any atom is -0.396 e. The molecule has 90 valence electrons. The zero-order valence-corrected chi connectivity index (χ0v) is 10.2. The number of hydrogen-bond acceptors (Lipinski definition) is 3. The van der Waals surface area contributed by atoms with Gasteiger partial charge in [-0.1, -0.05) is 13.8 Å². The van der Waals surface area contributed by atoms with E-state index in [1.165, 1.54) is 0 Å². The third kappa shape index (κ3) is 6.47. The van der Waals surface area contributed by atoms with Crippen molar-refractivity contribution in [3.8, 4) is 0 Å². The lowest BCUT2D eigenvalue weighted by atomic mass is 10.3. The number of rotatable bonds is 8. The van der Waals surface area contributed by atoms with Crippen LogP contribution in [0.2, 0.25) is 0 Å². The lowest BCUT2D eigenvalue weighted by Crippen LogP contribution is -2.36. The van der Waals surface area contributed by atoms with Crippen molar-refractivity contribution in [1.82, 2.24) is 9.80 Å². The van der Waals surface area contributed by atoms with Crippen molar-refractivity contribution in [3.05, 3.63) is 0 Å². The minimum atomic E-state index is 0.0929. The zero-order valence-electron chi connectivity index (χ0n) is 10.2. The van der Waals surface area contributed by atoms with Gasteiger partial charge in [-0.25, -0.2) is 0 Å². The third-order valence-electron chi connectivity index (χ3n) is 2.62. The predicted molar refractivity (Wildman–Crippen MR) is 61.7 cm³/mol. The Labute approximate surface area is 92.9 Å². The van der Waals surface area contributed by atoms with Gasteiger partial charge in [0, 0.05) is 33.2 Å². The van der Waals surface area contributed by atoms with E-state index < -0.39 is 0 Å². The van der Waals surface area contributed by atoms with Gasteiger partial charge in [-0.2, -0.15) is 0 Å². The van der Waals surface area contributed by atoms with Crippen LogP contribution in [-0.4, -0.2) is 60.6 Å². The van der Waals surface area contributed by atoms with Gasteiger partial charge in [0.2, 0.25) is 5.91 Å². The Bertz CT molecular complexity index is 170. The summed E-state index contributed by atoms with van der Waals surface area (Å²) in [6.07, 6.45) is 1.01. The molecule has 0 aliphatic heterocycles. The fourth-order valence-electron chi connectivity index (χ4n) is 1.38. The fourth-order valence-corrected chi connectivity index (χ4v) is 1.38. The molecule has 0 aromatic rings. The second kappa shape index (κ2) is 8.68. The molecule has 0 aliphatic carbocycles. The van der Waals surface area contributed by atoms with E-state index in [2.05, 4.69) is 18.7 Å². The van der Waals surface area contributed by atoms with Crippen LogP contribution < -0.4 is 0 Å². The van der Waals surface area contributed by atoms with Crippen LogP contribution in [0, 0.1) is 0 Å². The van der Waals surface area contributed by atoms with Gasteiger partial charge in [0.05, 0.1) is 0 Å². The Kier molecular flexibility index (Phi) is 8.33. The van der Waals surface area contributed by atoms with E-state index >= 15 is 0 Å². The van der Waals surface area contributed by atoms with Gasteiger partial charge in [0.15, 0.2) is 0 Å². The molecule has 0 spiro atoms. The van der Waals surface area contributed by atoms with Crippen LogP contribution in [0.1, 0.15) is 26.7 Å². The predicted octanol–water partition coefficient (Wildman–Crippen LogP) is 0.559. The summed E-state index contributed by atoms with van der Waals surface area (Å²) in [7, 11) is 1.82. The van der Waals surface area contributed by atoms with E-state index in [1.807, 2.05) is 7.05 Å². The van der Waals surface area contributed by atoms with E-state index in [1.54, 1.807) is 4.90 Å². The normalized spacial score (nSPS) is 10.7. The van der Waals surface area contributed by atoms with Crippen LogP contribution in [0.25, 0.3) is 0 Å². The molecule has 4 nitrogen and oxygen atoms in total. The Morgan fingerprint density at radius 3 is 2.27 bits per heavy atom. The summed E-state index contributed by atoms with van der Waals surface area (Å²) in [5.41, 5.74) is 0. The largest absolute Gasteiger partial charge is 0.396 e. The van der Waals surface area contributed by atoms with Crippen molar-refractivity contribution in [2.75, 3.05) is 39.8 Å². The maximum Gasteiger partial charge on any atom is 0.222 e. The molecule has 0 radical (unpaired) electrons. The molecular weight excluding hydrogens is 192 g/mol. The molecule has 0 atom stereocenters. The molecule has 0 saturated heterocycles. The molecule has 0 rings (SSSR count). The summed E-state index contributed by atoms with van der Waals surface area (Å²) in [6.45, 7) is 8.08. The number of nitrogens with zero attached hydrogens (tertiary/aromatic N) is 2. The molecule has 0 fully saturated rings. The maximum absolute atomic E-state index is 11.5. The first-order valence-electron chi connectivity index (χ1n) is 5.72. The van der Waals surface area contributed by atoms with E-state index in [9.17, 15) is 4.79 Å². The summed E-state index contributed by atoms with van der Waals surface area (Å²) < 4.78 is 0. The highest BCUT2D eigenvalue weighted by Gasteiger charge is 2.08. The lowest BCUT2D eigenvalue weighted by Gasteiger charge is -2.23. The average molecular weight is 216 g/mol. The molecule has 4 heteroatoms. The van der Waals surface area contributed by atoms with Gasteiger partial charge in [-0.3, -0.25) is 4.79 Å². The van der Waals surface area contributed by atoms with Crippen LogP contribution >= 0.6 is 0 Å². The van der Waals surface area contributed by atoms with Crippen molar-refractivity contribution in [3.63, 3.8) is 0 Å². The maximum atomic E-state index is 11.5. The number of likely N-dealkylation sites (N-methyl/N-ethyl adjacent to an activating group) is 2. The molecule has 15 heavy (non-hydrogen) atoms. The standard InChI is InChI=1S/C11H24N2O2/c1-4-13(5-2)9-8-12(3)11(15)7-6-10-14/h14H,4-10H2,1-3H3. The first kappa shape index (κ1) is 14.4. The van der Waals surface area contributed by atoms with Crippen molar-refractivity contribution < 1.29 is 9.90 Å². The first-order valence-corrected chi connectivity index (χ1v) is 5.72. The van der Waals surface area contributed by atoms with Crippen LogP contribution in [0.15, 0.2) is 0 Å². The molecule has 0 unspecified atom stereocenters. The van der Waals surface area contributed by atoms with Crippen molar-refractivity contribution >= 4 is 5.91 Å². The van der Waals surface area contributed by atoms with Crippen molar-refractivity contribution in [1.29, 1.82) is 0 Å². The van der Waals surface area contributed by atoms with Gasteiger partial charge >= 0.3 is 0 Å². The Balaban J connectivity index is 3.71. The van der Waals surface area contributed by atoms with Crippen molar-refractivity contribution in [2.24, 2.45) is 0 Å². The van der Waals surface area contributed by atoms with Crippen LogP contribution in [0.3, 0.4) is 0 Å². The van der Waals surface area contributed by atoms with Gasteiger partial charge in [-0.05, 0) is 19.5 Å². The molecule has 0 aromatic carbocycles. The topological polar surface area (TPSA) is 43.8 Å². The first-order chi connectivity index (χ1) is 7.15. The monoisotopic (exact) mass is 216 g/mol. The summed E-state index contributed by atoms with van der Waals surface area (Å²) in [5, 5.41) is 8.61. The number of amides is 1. The van der Waals surface area contributed by atoms with Crippen molar-refractivity contribution in [2.45, 2.75) is 26.7 Å². The van der Waals surface area contributed by atoms with E-state index in [0.29, 0.717) is 12.8 Å². The van der Waals surface area contributed by atoms with E-state index in [-0.39, 0.29) is 12.5 Å². The second-order valence-corrected chi connectivity index (χ2v) is 3.67. The molecule has 1 amide bonds. The second-order valence-electron chi connectivity index (χ2n) is 3.67. The number of carbonyl (C=O) groups is 1. The van der Waals surface area contributed by atoms with Gasteiger partial charge in [-0.15, -0.1) is 0 Å². The van der Waals surface area contributed by atoms with Gasteiger partial charge < -0.3 is 14.9 Å². The van der Waals surface area contributed by atoms with Crippen LogP contribution in [-0.2, 0) is 4.79 Å². The smallest absolute Gasteiger partial charge is 0.222 e.